The zero-order chi connectivity index (χ0) is 16.5. The number of halogens is 1. The highest BCUT2D eigenvalue weighted by Crippen LogP contribution is 2.14. The Hall–Kier alpha value is -2.08. The molecule has 2 N–H and O–H groups in total. The fourth-order valence-electron chi connectivity index (χ4n) is 2.17. The van der Waals surface area contributed by atoms with E-state index in [1.807, 2.05) is 35.8 Å². The molecule has 0 saturated carbocycles. The normalized spacial score (nSPS) is 11.5. The first kappa shape index (κ1) is 17.3. The standard InChI is InChI=1S/C16H23ClN6/c1-3-18-16(20-11-15-22-21-12-23(15)4-2)19-10-9-13-7-5-6-8-14(13)17/h5-8,12H,3-4,9-11H2,1-2H3,(H2,18,19,20). The van der Waals surface area contributed by atoms with Gasteiger partial charge in [-0.15, -0.1) is 10.2 Å². The largest absolute Gasteiger partial charge is 0.357 e. The summed E-state index contributed by atoms with van der Waals surface area (Å²) < 4.78 is 1.98. The van der Waals surface area contributed by atoms with E-state index >= 15 is 0 Å². The molecule has 0 radical (unpaired) electrons. The summed E-state index contributed by atoms with van der Waals surface area (Å²) in [6.07, 6.45) is 2.57. The summed E-state index contributed by atoms with van der Waals surface area (Å²) in [5, 5.41) is 15.4. The van der Waals surface area contributed by atoms with Crippen molar-refractivity contribution in [2.24, 2.45) is 4.99 Å². The van der Waals surface area contributed by atoms with E-state index < -0.39 is 0 Å². The van der Waals surface area contributed by atoms with Gasteiger partial charge >= 0.3 is 0 Å². The Balaban J connectivity index is 1.90. The average Bonchev–Trinajstić information content (AvgIpc) is 3.02. The smallest absolute Gasteiger partial charge is 0.191 e. The minimum absolute atomic E-state index is 0.495. The maximum atomic E-state index is 6.17. The van der Waals surface area contributed by atoms with Crippen molar-refractivity contribution < 1.29 is 0 Å². The molecule has 0 unspecified atom stereocenters. The van der Waals surface area contributed by atoms with Crippen LogP contribution < -0.4 is 10.6 Å². The number of aryl methyl sites for hydroxylation is 1. The lowest BCUT2D eigenvalue weighted by Crippen LogP contribution is -2.38. The zero-order valence-corrected chi connectivity index (χ0v) is 14.3. The van der Waals surface area contributed by atoms with Crippen molar-refractivity contribution in [2.75, 3.05) is 13.1 Å². The van der Waals surface area contributed by atoms with Crippen LogP contribution in [-0.4, -0.2) is 33.8 Å². The van der Waals surface area contributed by atoms with Crippen LogP contribution in [0.15, 0.2) is 35.6 Å². The second kappa shape index (κ2) is 9.15. The van der Waals surface area contributed by atoms with E-state index in [4.69, 9.17) is 11.6 Å². The summed E-state index contributed by atoms with van der Waals surface area (Å²) in [7, 11) is 0. The molecule has 0 amide bonds. The first-order valence-corrected chi connectivity index (χ1v) is 8.24. The molecule has 0 fully saturated rings. The van der Waals surface area contributed by atoms with Gasteiger partial charge in [-0.3, -0.25) is 0 Å². The van der Waals surface area contributed by atoms with Crippen molar-refractivity contribution in [2.45, 2.75) is 33.4 Å². The van der Waals surface area contributed by atoms with Gasteiger partial charge in [-0.25, -0.2) is 4.99 Å². The number of hydrogen-bond acceptors (Lipinski definition) is 3. The van der Waals surface area contributed by atoms with Crippen LogP contribution in [0.2, 0.25) is 5.02 Å². The SMILES string of the molecule is CCNC(=NCc1nncn1CC)NCCc1ccccc1Cl. The third-order valence-corrected chi connectivity index (χ3v) is 3.77. The number of aliphatic imine (C=N–C) groups is 1. The van der Waals surface area contributed by atoms with Crippen molar-refractivity contribution >= 4 is 17.6 Å². The molecule has 1 aromatic carbocycles. The third-order valence-electron chi connectivity index (χ3n) is 3.40. The molecule has 2 rings (SSSR count). The molecule has 6 nitrogen and oxygen atoms in total. The predicted molar refractivity (Wildman–Crippen MR) is 93.7 cm³/mol. The minimum atomic E-state index is 0.495. The Labute approximate surface area is 142 Å². The van der Waals surface area contributed by atoms with Crippen LogP contribution in [0.3, 0.4) is 0 Å². The molecular formula is C16H23ClN6. The van der Waals surface area contributed by atoms with Gasteiger partial charge < -0.3 is 15.2 Å². The summed E-state index contributed by atoms with van der Waals surface area (Å²) in [6, 6.07) is 7.89. The average molecular weight is 335 g/mol. The topological polar surface area (TPSA) is 67.1 Å². The van der Waals surface area contributed by atoms with Gasteiger partial charge in [-0.2, -0.15) is 0 Å². The van der Waals surface area contributed by atoms with E-state index in [1.165, 1.54) is 0 Å². The van der Waals surface area contributed by atoms with Crippen LogP contribution in [0.25, 0.3) is 0 Å². The Bertz CT molecular complexity index is 637. The van der Waals surface area contributed by atoms with Crippen LogP contribution in [0.1, 0.15) is 25.2 Å². The Morgan fingerprint density at radius 1 is 1.26 bits per heavy atom. The van der Waals surface area contributed by atoms with Crippen molar-refractivity contribution in [1.29, 1.82) is 0 Å². The zero-order valence-electron chi connectivity index (χ0n) is 13.6. The van der Waals surface area contributed by atoms with Gasteiger partial charge in [-0.05, 0) is 31.9 Å². The number of hydrogen-bond donors (Lipinski definition) is 2. The molecule has 1 aromatic heterocycles. The molecule has 0 bridgehead atoms. The molecule has 0 aliphatic rings. The number of guanidine groups is 1. The van der Waals surface area contributed by atoms with Crippen molar-refractivity contribution in [1.82, 2.24) is 25.4 Å². The van der Waals surface area contributed by atoms with Crippen molar-refractivity contribution in [3.05, 3.63) is 47.0 Å². The number of nitrogens with one attached hydrogen (secondary N) is 2. The molecule has 0 saturated heterocycles. The molecule has 0 aliphatic heterocycles. The maximum Gasteiger partial charge on any atom is 0.191 e. The predicted octanol–water partition coefficient (Wildman–Crippen LogP) is 2.25. The van der Waals surface area contributed by atoms with E-state index in [0.29, 0.717) is 6.54 Å². The first-order valence-electron chi connectivity index (χ1n) is 7.86. The van der Waals surface area contributed by atoms with E-state index in [0.717, 1.165) is 48.4 Å². The number of rotatable bonds is 7. The van der Waals surface area contributed by atoms with Gasteiger partial charge in [0.25, 0.3) is 0 Å². The Kier molecular flexibility index (Phi) is 6.87. The van der Waals surface area contributed by atoms with Gasteiger partial charge in [0.2, 0.25) is 0 Å². The lowest BCUT2D eigenvalue weighted by Gasteiger charge is -2.11. The van der Waals surface area contributed by atoms with Crippen LogP contribution >= 0.6 is 11.6 Å². The van der Waals surface area contributed by atoms with Crippen LogP contribution in [-0.2, 0) is 19.5 Å². The van der Waals surface area contributed by atoms with Gasteiger partial charge in [0, 0.05) is 24.7 Å². The highest BCUT2D eigenvalue weighted by molar-refractivity contribution is 6.31. The summed E-state index contributed by atoms with van der Waals surface area (Å²) >= 11 is 6.17. The fourth-order valence-corrected chi connectivity index (χ4v) is 2.40. The molecule has 0 spiro atoms. The van der Waals surface area contributed by atoms with Crippen LogP contribution in [0.5, 0.6) is 0 Å². The minimum Gasteiger partial charge on any atom is -0.357 e. The van der Waals surface area contributed by atoms with E-state index in [-0.39, 0.29) is 0 Å². The summed E-state index contributed by atoms with van der Waals surface area (Å²) in [5.41, 5.74) is 1.13. The van der Waals surface area contributed by atoms with Crippen LogP contribution in [0, 0.1) is 0 Å². The van der Waals surface area contributed by atoms with Gasteiger partial charge in [-0.1, -0.05) is 29.8 Å². The van der Waals surface area contributed by atoms with Crippen LogP contribution in [0.4, 0.5) is 0 Å². The molecular weight excluding hydrogens is 312 g/mol. The number of aromatic nitrogens is 3. The molecule has 0 aliphatic carbocycles. The molecule has 7 heteroatoms. The van der Waals surface area contributed by atoms with Crippen molar-refractivity contribution in [3.8, 4) is 0 Å². The molecule has 124 valence electrons. The molecule has 23 heavy (non-hydrogen) atoms. The third kappa shape index (κ3) is 5.25. The number of benzene rings is 1. The lowest BCUT2D eigenvalue weighted by molar-refractivity contribution is 0.693. The highest BCUT2D eigenvalue weighted by atomic mass is 35.5. The number of nitrogens with zero attached hydrogens (tertiary/aromatic N) is 4. The Morgan fingerprint density at radius 2 is 2.09 bits per heavy atom. The maximum absolute atomic E-state index is 6.17. The second-order valence-electron chi connectivity index (χ2n) is 5.00. The van der Waals surface area contributed by atoms with Gasteiger partial charge in [0.1, 0.15) is 12.9 Å². The van der Waals surface area contributed by atoms with E-state index in [9.17, 15) is 0 Å². The molecule has 0 atom stereocenters. The molecule has 1 heterocycles. The first-order chi connectivity index (χ1) is 11.2. The van der Waals surface area contributed by atoms with Gasteiger partial charge in [0.15, 0.2) is 11.8 Å². The summed E-state index contributed by atoms with van der Waals surface area (Å²) in [6.45, 7) is 7.00. The Morgan fingerprint density at radius 3 is 2.83 bits per heavy atom. The quantitative estimate of drug-likeness (QED) is 0.602. The monoisotopic (exact) mass is 334 g/mol. The van der Waals surface area contributed by atoms with E-state index in [1.54, 1.807) is 6.33 Å². The highest BCUT2D eigenvalue weighted by Gasteiger charge is 2.04. The second-order valence-corrected chi connectivity index (χ2v) is 5.40. The fraction of sp³-hybridized carbons (Fsp3) is 0.438. The summed E-state index contributed by atoms with van der Waals surface area (Å²) in [4.78, 5) is 4.56. The van der Waals surface area contributed by atoms with Gasteiger partial charge in [0.05, 0.1) is 0 Å². The lowest BCUT2D eigenvalue weighted by atomic mass is 10.1. The van der Waals surface area contributed by atoms with E-state index in [2.05, 4.69) is 32.7 Å². The molecule has 2 aromatic rings. The summed E-state index contributed by atoms with van der Waals surface area (Å²) in [5.74, 6) is 1.63. The van der Waals surface area contributed by atoms with Crippen molar-refractivity contribution in [3.63, 3.8) is 0 Å².